The van der Waals surface area contributed by atoms with E-state index >= 15 is 0 Å². The minimum absolute atomic E-state index is 0.0266. The van der Waals surface area contributed by atoms with Crippen molar-refractivity contribution in [2.24, 2.45) is 5.73 Å². The fourth-order valence-electron chi connectivity index (χ4n) is 2.08. The molecule has 1 atom stereocenters. The van der Waals surface area contributed by atoms with Gasteiger partial charge >= 0.3 is 0 Å². The fraction of sp³-hybridized carbons (Fsp3) is 0.294. The molecule has 0 aliphatic heterocycles. The Bertz CT molecular complexity index is 478. The average molecular weight is 255 g/mol. The van der Waals surface area contributed by atoms with E-state index in [0.717, 1.165) is 18.6 Å². The first-order chi connectivity index (χ1) is 9.33. The van der Waals surface area contributed by atoms with E-state index in [-0.39, 0.29) is 6.10 Å². The standard InChI is InChI=1S/C17H21NO/c1-2-14-8-10-16(11-9-14)19-17(12-13-18)15-6-4-3-5-7-15/h3-11,17H,2,12-13,18H2,1H3. The molecule has 0 heterocycles. The predicted molar refractivity (Wildman–Crippen MR) is 79.3 cm³/mol. The molecule has 2 N–H and O–H groups in total. The quantitative estimate of drug-likeness (QED) is 0.854. The molecule has 0 radical (unpaired) electrons. The lowest BCUT2D eigenvalue weighted by atomic mass is 10.1. The van der Waals surface area contributed by atoms with Gasteiger partial charge in [-0.3, -0.25) is 0 Å². The largest absolute Gasteiger partial charge is 0.486 e. The highest BCUT2D eigenvalue weighted by Gasteiger charge is 2.12. The van der Waals surface area contributed by atoms with Crippen LogP contribution < -0.4 is 10.5 Å². The van der Waals surface area contributed by atoms with Crippen molar-refractivity contribution in [1.29, 1.82) is 0 Å². The number of hydrogen-bond acceptors (Lipinski definition) is 2. The van der Waals surface area contributed by atoms with E-state index in [9.17, 15) is 0 Å². The molecule has 0 bridgehead atoms. The molecule has 0 amide bonds. The van der Waals surface area contributed by atoms with Crippen molar-refractivity contribution in [1.82, 2.24) is 0 Å². The third kappa shape index (κ3) is 3.83. The maximum absolute atomic E-state index is 6.06. The molecule has 2 heteroatoms. The van der Waals surface area contributed by atoms with Crippen LogP contribution in [0.1, 0.15) is 30.6 Å². The topological polar surface area (TPSA) is 35.2 Å². The number of aryl methyl sites for hydroxylation is 1. The van der Waals surface area contributed by atoms with Crippen molar-refractivity contribution in [3.05, 3.63) is 65.7 Å². The van der Waals surface area contributed by atoms with Gasteiger partial charge in [0.15, 0.2) is 0 Å². The molecule has 2 aromatic carbocycles. The minimum atomic E-state index is 0.0266. The first-order valence-corrected chi connectivity index (χ1v) is 6.84. The van der Waals surface area contributed by atoms with Gasteiger partial charge in [-0.2, -0.15) is 0 Å². The monoisotopic (exact) mass is 255 g/mol. The molecule has 2 nitrogen and oxygen atoms in total. The van der Waals surface area contributed by atoms with Crippen LogP contribution in [-0.4, -0.2) is 6.54 Å². The molecule has 0 aliphatic carbocycles. The molecule has 19 heavy (non-hydrogen) atoms. The lowest BCUT2D eigenvalue weighted by molar-refractivity contribution is 0.198. The Hall–Kier alpha value is -1.80. The molecule has 2 aromatic rings. The molecule has 100 valence electrons. The number of benzene rings is 2. The summed E-state index contributed by atoms with van der Waals surface area (Å²) >= 11 is 0. The molecule has 1 unspecified atom stereocenters. The average Bonchev–Trinajstić information content (AvgIpc) is 2.48. The van der Waals surface area contributed by atoms with Crippen molar-refractivity contribution in [3.8, 4) is 5.75 Å². The second-order valence-corrected chi connectivity index (χ2v) is 4.59. The van der Waals surface area contributed by atoms with Crippen LogP contribution in [0, 0.1) is 0 Å². The van der Waals surface area contributed by atoms with Gasteiger partial charge in [0.1, 0.15) is 11.9 Å². The Morgan fingerprint density at radius 1 is 1.00 bits per heavy atom. The molecule has 0 aromatic heterocycles. The zero-order valence-electron chi connectivity index (χ0n) is 11.4. The normalized spacial score (nSPS) is 12.1. The molecular formula is C17H21NO. The molecule has 2 rings (SSSR count). The van der Waals surface area contributed by atoms with Gasteiger partial charge in [-0.15, -0.1) is 0 Å². The highest BCUT2D eigenvalue weighted by atomic mass is 16.5. The zero-order chi connectivity index (χ0) is 13.5. The summed E-state index contributed by atoms with van der Waals surface area (Å²) in [6, 6.07) is 18.5. The summed E-state index contributed by atoms with van der Waals surface area (Å²) in [7, 11) is 0. The molecule has 0 saturated carbocycles. The van der Waals surface area contributed by atoms with Gasteiger partial charge < -0.3 is 10.5 Å². The first-order valence-electron chi connectivity index (χ1n) is 6.84. The van der Waals surface area contributed by atoms with Gasteiger partial charge in [0.25, 0.3) is 0 Å². The molecule has 0 spiro atoms. The summed E-state index contributed by atoms with van der Waals surface area (Å²) in [5, 5.41) is 0. The van der Waals surface area contributed by atoms with E-state index in [1.54, 1.807) is 0 Å². The maximum Gasteiger partial charge on any atom is 0.125 e. The van der Waals surface area contributed by atoms with Crippen LogP contribution in [-0.2, 0) is 6.42 Å². The first kappa shape index (κ1) is 13.6. The van der Waals surface area contributed by atoms with Gasteiger partial charge in [0.05, 0.1) is 0 Å². The highest BCUT2D eigenvalue weighted by molar-refractivity contribution is 5.28. The fourth-order valence-corrected chi connectivity index (χ4v) is 2.08. The lowest BCUT2D eigenvalue weighted by Crippen LogP contribution is -2.13. The number of hydrogen-bond donors (Lipinski definition) is 1. The van der Waals surface area contributed by atoms with Crippen LogP contribution in [0.4, 0.5) is 0 Å². The Morgan fingerprint density at radius 3 is 2.26 bits per heavy atom. The van der Waals surface area contributed by atoms with Gasteiger partial charge in [-0.05, 0) is 36.2 Å². The highest BCUT2D eigenvalue weighted by Crippen LogP contribution is 2.24. The van der Waals surface area contributed by atoms with Crippen molar-refractivity contribution in [2.75, 3.05) is 6.54 Å². The van der Waals surface area contributed by atoms with E-state index in [1.165, 1.54) is 11.1 Å². The lowest BCUT2D eigenvalue weighted by Gasteiger charge is -2.19. The Morgan fingerprint density at radius 2 is 1.68 bits per heavy atom. The van der Waals surface area contributed by atoms with Crippen LogP contribution in [0.3, 0.4) is 0 Å². The van der Waals surface area contributed by atoms with Crippen LogP contribution in [0.2, 0.25) is 0 Å². The SMILES string of the molecule is CCc1ccc(OC(CCN)c2ccccc2)cc1. The van der Waals surface area contributed by atoms with Crippen LogP contribution >= 0.6 is 0 Å². The van der Waals surface area contributed by atoms with E-state index < -0.39 is 0 Å². The number of nitrogens with two attached hydrogens (primary N) is 1. The van der Waals surface area contributed by atoms with E-state index in [1.807, 2.05) is 30.3 Å². The van der Waals surface area contributed by atoms with E-state index in [2.05, 4.69) is 31.2 Å². The summed E-state index contributed by atoms with van der Waals surface area (Å²) in [4.78, 5) is 0. The van der Waals surface area contributed by atoms with E-state index in [4.69, 9.17) is 10.5 Å². The summed E-state index contributed by atoms with van der Waals surface area (Å²) in [6.45, 7) is 2.77. The Balaban J connectivity index is 2.11. The summed E-state index contributed by atoms with van der Waals surface area (Å²) < 4.78 is 6.06. The molecule has 0 saturated heterocycles. The smallest absolute Gasteiger partial charge is 0.125 e. The summed E-state index contributed by atoms with van der Waals surface area (Å²) in [5.74, 6) is 0.902. The van der Waals surface area contributed by atoms with Gasteiger partial charge in [0, 0.05) is 6.42 Å². The van der Waals surface area contributed by atoms with Crippen molar-refractivity contribution in [2.45, 2.75) is 25.9 Å². The minimum Gasteiger partial charge on any atom is -0.486 e. The van der Waals surface area contributed by atoms with Gasteiger partial charge in [0.2, 0.25) is 0 Å². The molecular weight excluding hydrogens is 234 g/mol. The van der Waals surface area contributed by atoms with Crippen molar-refractivity contribution >= 4 is 0 Å². The summed E-state index contributed by atoms with van der Waals surface area (Å²) in [5.41, 5.74) is 8.18. The third-order valence-corrected chi connectivity index (χ3v) is 3.21. The van der Waals surface area contributed by atoms with Crippen molar-refractivity contribution < 1.29 is 4.74 Å². The number of rotatable bonds is 6. The van der Waals surface area contributed by atoms with Gasteiger partial charge in [-0.1, -0.05) is 49.4 Å². The van der Waals surface area contributed by atoms with Crippen LogP contribution in [0.25, 0.3) is 0 Å². The third-order valence-electron chi connectivity index (χ3n) is 3.21. The Kier molecular flexibility index (Phi) is 4.99. The summed E-state index contributed by atoms with van der Waals surface area (Å²) in [6.07, 6.45) is 1.89. The van der Waals surface area contributed by atoms with Crippen LogP contribution in [0.5, 0.6) is 5.75 Å². The number of ether oxygens (including phenoxy) is 1. The van der Waals surface area contributed by atoms with Crippen molar-refractivity contribution in [3.63, 3.8) is 0 Å². The predicted octanol–water partition coefficient (Wildman–Crippen LogP) is 3.72. The zero-order valence-corrected chi connectivity index (χ0v) is 11.4. The second-order valence-electron chi connectivity index (χ2n) is 4.59. The second kappa shape index (κ2) is 6.95. The Labute approximate surface area is 115 Å². The maximum atomic E-state index is 6.06. The molecule has 0 fully saturated rings. The van der Waals surface area contributed by atoms with Gasteiger partial charge in [-0.25, -0.2) is 0 Å². The van der Waals surface area contributed by atoms with Crippen LogP contribution in [0.15, 0.2) is 54.6 Å². The van der Waals surface area contributed by atoms with E-state index in [0.29, 0.717) is 6.54 Å². The molecule has 0 aliphatic rings.